The van der Waals surface area contributed by atoms with E-state index in [1.54, 1.807) is 22.6 Å². The van der Waals surface area contributed by atoms with Crippen molar-refractivity contribution >= 4 is 21.6 Å². The summed E-state index contributed by atoms with van der Waals surface area (Å²) in [5.74, 6) is 0.102. The first-order chi connectivity index (χ1) is 12.4. The summed E-state index contributed by atoms with van der Waals surface area (Å²) in [5.41, 5.74) is 2.85. The third kappa shape index (κ3) is 3.72. The fraction of sp³-hybridized carbons (Fsp3) is 0.294. The lowest BCUT2D eigenvalue weighted by molar-refractivity contribution is -0.559. The van der Waals surface area contributed by atoms with Gasteiger partial charge in [0, 0.05) is 23.2 Å². The number of benzene rings is 1. The van der Waals surface area contributed by atoms with Gasteiger partial charge in [0.15, 0.2) is 0 Å². The Labute approximate surface area is 150 Å². The number of carbonyl (C=O) groups is 1. The smallest absolute Gasteiger partial charge is 0.292 e. The molecular formula is C17H18N5O3S+. The predicted octanol–water partition coefficient (Wildman–Crippen LogP) is 0.487. The molecule has 1 aromatic carbocycles. The second-order valence-corrected chi connectivity index (χ2v) is 8.23. The lowest BCUT2D eigenvalue weighted by Gasteiger charge is -2.05. The van der Waals surface area contributed by atoms with E-state index < -0.39 is 16.3 Å². The minimum Gasteiger partial charge on any atom is -0.292 e. The molecule has 1 fully saturated rings. The van der Waals surface area contributed by atoms with E-state index in [0.29, 0.717) is 11.2 Å². The topological polar surface area (TPSA) is 106 Å². The fourth-order valence-electron chi connectivity index (χ4n) is 2.74. The van der Waals surface area contributed by atoms with E-state index in [1.165, 1.54) is 0 Å². The Morgan fingerprint density at radius 2 is 2.00 bits per heavy atom. The first kappa shape index (κ1) is 16.6. The molecule has 1 aromatic heterocycles. The summed E-state index contributed by atoms with van der Waals surface area (Å²) >= 11 is 0. The van der Waals surface area contributed by atoms with E-state index in [9.17, 15) is 13.2 Å². The molecule has 1 unspecified atom stereocenters. The van der Waals surface area contributed by atoms with E-state index in [0.717, 1.165) is 30.2 Å². The number of hydrogen-bond acceptors (Lipinski definition) is 5. The van der Waals surface area contributed by atoms with E-state index in [4.69, 9.17) is 0 Å². The highest BCUT2D eigenvalue weighted by Crippen LogP contribution is 2.29. The maximum atomic E-state index is 11.9. The largest absolute Gasteiger partial charge is 0.347 e. The van der Waals surface area contributed by atoms with Crippen molar-refractivity contribution in [2.24, 2.45) is 16.0 Å². The van der Waals surface area contributed by atoms with Gasteiger partial charge >= 0.3 is 11.8 Å². The van der Waals surface area contributed by atoms with Gasteiger partial charge in [-0.25, -0.2) is 8.42 Å². The Morgan fingerprint density at radius 1 is 1.19 bits per heavy atom. The van der Waals surface area contributed by atoms with Crippen LogP contribution >= 0.6 is 0 Å². The fourth-order valence-corrected chi connectivity index (χ4v) is 3.30. The number of aromatic nitrogens is 1. The third-order valence-electron chi connectivity index (χ3n) is 4.12. The Morgan fingerprint density at radius 3 is 2.73 bits per heavy atom. The zero-order chi connectivity index (χ0) is 18.3. The second-order valence-electron chi connectivity index (χ2n) is 6.48. The van der Waals surface area contributed by atoms with Crippen LogP contribution in [0, 0.1) is 5.92 Å². The van der Waals surface area contributed by atoms with Crippen molar-refractivity contribution in [3.8, 4) is 11.1 Å². The van der Waals surface area contributed by atoms with E-state index in [-0.39, 0.29) is 11.8 Å². The molecule has 1 aliphatic carbocycles. The molecule has 0 bridgehead atoms. The molecule has 8 nitrogen and oxygen atoms in total. The van der Waals surface area contributed by atoms with Crippen molar-refractivity contribution < 1.29 is 17.6 Å². The molecule has 2 heterocycles. The van der Waals surface area contributed by atoms with Crippen LogP contribution < -0.4 is 19.9 Å². The van der Waals surface area contributed by atoms with Crippen LogP contribution in [0.1, 0.15) is 12.8 Å². The van der Waals surface area contributed by atoms with Gasteiger partial charge in [-0.05, 0) is 46.7 Å². The zero-order valence-corrected chi connectivity index (χ0v) is 14.9. The number of amides is 1. The van der Waals surface area contributed by atoms with Gasteiger partial charge in [0.05, 0.1) is 6.26 Å². The van der Waals surface area contributed by atoms with E-state index >= 15 is 0 Å². The van der Waals surface area contributed by atoms with Gasteiger partial charge in [-0.1, -0.05) is 16.5 Å². The summed E-state index contributed by atoms with van der Waals surface area (Å²) in [5, 5.41) is 7.19. The minimum atomic E-state index is -3.34. The number of pyridine rings is 1. The first-order valence-corrected chi connectivity index (χ1v) is 10.1. The van der Waals surface area contributed by atoms with Crippen molar-refractivity contribution in [2.45, 2.75) is 19.1 Å². The summed E-state index contributed by atoms with van der Waals surface area (Å²) in [6.45, 7) is 0. The van der Waals surface area contributed by atoms with Crippen molar-refractivity contribution in [1.82, 2.24) is 5.32 Å². The number of nitrogens with zero attached hydrogens (tertiary/aromatic N) is 3. The molecule has 1 aliphatic heterocycles. The summed E-state index contributed by atoms with van der Waals surface area (Å²) < 4.78 is 26.9. The highest BCUT2D eigenvalue weighted by molar-refractivity contribution is 7.92. The van der Waals surface area contributed by atoms with E-state index in [2.05, 4.69) is 20.1 Å². The third-order valence-corrected chi connectivity index (χ3v) is 4.72. The predicted molar refractivity (Wildman–Crippen MR) is 94.2 cm³/mol. The lowest BCUT2D eigenvalue weighted by Crippen LogP contribution is -2.34. The number of carbonyl (C=O) groups excluding carboxylic acids is 1. The molecule has 0 spiro atoms. The van der Waals surface area contributed by atoms with Gasteiger partial charge < -0.3 is 0 Å². The van der Waals surface area contributed by atoms with Crippen LogP contribution in [-0.2, 0) is 14.8 Å². The number of nitrogens with one attached hydrogen (secondary N) is 2. The Hall–Kier alpha value is -2.81. The zero-order valence-electron chi connectivity index (χ0n) is 14.1. The standard InChI is InChI=1S/C17H17N5O3S/c1-26(24,25)21-14-4-2-3-12(9-14)13-7-8-15-18-17(20-22(15)10-13)19-16(23)11-5-6-11/h2-4,7-11,17,21H,5-6H2,1H3/p+1. The Kier molecular flexibility index (Phi) is 3.95. The Bertz CT molecular complexity index is 1110. The molecule has 1 atom stereocenters. The molecule has 0 radical (unpaired) electrons. The number of fused-ring (bicyclic) bond motifs is 1. The molecule has 2 N–H and O–H groups in total. The van der Waals surface area contributed by atoms with Crippen molar-refractivity contribution in [3.05, 3.63) is 48.1 Å². The maximum absolute atomic E-state index is 11.9. The van der Waals surface area contributed by atoms with Crippen LogP contribution in [0.3, 0.4) is 0 Å². The summed E-state index contributed by atoms with van der Waals surface area (Å²) in [7, 11) is -3.34. The van der Waals surface area contributed by atoms with Gasteiger partial charge in [0.2, 0.25) is 15.9 Å². The summed E-state index contributed by atoms with van der Waals surface area (Å²) in [6.07, 6.45) is 4.18. The maximum Gasteiger partial charge on any atom is 0.347 e. The van der Waals surface area contributed by atoms with Gasteiger partial charge in [0.25, 0.3) is 0 Å². The molecule has 2 aliphatic rings. The molecule has 2 aromatic rings. The SMILES string of the molecule is CS(=O)(=O)Nc1cccc(-c2ccc3[n+](c2)=NC(NC(=O)C2CC2)N=3)c1. The quantitative estimate of drug-likeness (QED) is 0.746. The van der Waals surface area contributed by atoms with Gasteiger partial charge in [-0.15, -0.1) is 0 Å². The lowest BCUT2D eigenvalue weighted by atomic mass is 10.1. The highest BCUT2D eigenvalue weighted by Gasteiger charge is 2.33. The van der Waals surface area contributed by atoms with Crippen molar-refractivity contribution in [1.29, 1.82) is 0 Å². The number of sulfonamides is 1. The minimum absolute atomic E-state index is 0.00400. The van der Waals surface area contributed by atoms with Crippen LogP contribution in [0.4, 0.5) is 5.69 Å². The Balaban J connectivity index is 1.60. The first-order valence-electron chi connectivity index (χ1n) is 8.24. The van der Waals surface area contributed by atoms with Crippen LogP contribution in [0.15, 0.2) is 52.7 Å². The normalized spacial score (nSPS) is 18.4. The van der Waals surface area contributed by atoms with Gasteiger partial charge in [0.1, 0.15) is 6.20 Å². The van der Waals surface area contributed by atoms with Gasteiger partial charge in [-0.2, -0.15) is 0 Å². The molecule has 134 valence electrons. The van der Waals surface area contributed by atoms with E-state index in [1.807, 2.05) is 24.4 Å². The number of anilines is 1. The van der Waals surface area contributed by atoms with Crippen LogP contribution in [0.2, 0.25) is 0 Å². The van der Waals surface area contributed by atoms with Crippen LogP contribution in [0.25, 0.3) is 11.1 Å². The van der Waals surface area contributed by atoms with Crippen LogP contribution in [-0.4, -0.2) is 26.9 Å². The molecule has 26 heavy (non-hydrogen) atoms. The number of hydrogen-bond donors (Lipinski definition) is 2. The van der Waals surface area contributed by atoms with Crippen molar-refractivity contribution in [2.75, 3.05) is 11.0 Å². The molecule has 1 saturated carbocycles. The van der Waals surface area contributed by atoms with Crippen molar-refractivity contribution in [3.63, 3.8) is 0 Å². The number of rotatable bonds is 5. The monoisotopic (exact) mass is 372 g/mol. The van der Waals surface area contributed by atoms with Crippen LogP contribution in [0.5, 0.6) is 0 Å². The molecule has 1 amide bonds. The molecule has 4 rings (SSSR count). The molecular weight excluding hydrogens is 354 g/mol. The highest BCUT2D eigenvalue weighted by atomic mass is 32.2. The average molecular weight is 372 g/mol. The second kappa shape index (κ2) is 6.17. The molecule has 9 heteroatoms. The average Bonchev–Trinajstić information content (AvgIpc) is 3.34. The summed E-state index contributed by atoms with van der Waals surface area (Å²) in [4.78, 5) is 16.2. The summed E-state index contributed by atoms with van der Waals surface area (Å²) in [6, 6.07) is 10.8. The van der Waals surface area contributed by atoms with Gasteiger partial charge in [-0.3, -0.25) is 14.8 Å². The molecule has 0 saturated heterocycles.